The van der Waals surface area contributed by atoms with E-state index in [0.29, 0.717) is 32.8 Å². The number of hydrogen-bond acceptors (Lipinski definition) is 5. The summed E-state index contributed by atoms with van der Waals surface area (Å²) < 4.78 is 31.2. The van der Waals surface area contributed by atoms with Crippen LogP contribution in [-0.4, -0.2) is 87.3 Å². The normalized spacial score (nSPS) is 20.6. The van der Waals surface area contributed by atoms with Crippen LogP contribution in [-0.2, 0) is 19.6 Å². The molecule has 0 aromatic heterocycles. The molecule has 2 fully saturated rings. The van der Waals surface area contributed by atoms with E-state index in [9.17, 15) is 18.0 Å². The summed E-state index contributed by atoms with van der Waals surface area (Å²) in [4.78, 5) is 28.7. The molecular weight excluding hydrogens is 406 g/mol. The van der Waals surface area contributed by atoms with Gasteiger partial charge in [0.2, 0.25) is 10.0 Å². The van der Waals surface area contributed by atoms with Crippen LogP contribution in [0.5, 0.6) is 0 Å². The minimum absolute atomic E-state index is 0.0115. The van der Waals surface area contributed by atoms with Gasteiger partial charge in [0.15, 0.2) is 0 Å². The van der Waals surface area contributed by atoms with E-state index in [0.717, 1.165) is 17.1 Å². The predicted molar refractivity (Wildman–Crippen MR) is 104 cm³/mol. The summed E-state index contributed by atoms with van der Waals surface area (Å²) in [5.74, 6) is -0.369. The third kappa shape index (κ3) is 4.17. The van der Waals surface area contributed by atoms with Crippen molar-refractivity contribution in [1.29, 1.82) is 0 Å². The van der Waals surface area contributed by atoms with E-state index < -0.39 is 10.0 Å². The molecule has 0 spiro atoms. The second kappa shape index (κ2) is 8.36. The quantitative estimate of drug-likeness (QED) is 0.714. The molecule has 2 heterocycles. The number of amides is 2. The maximum absolute atomic E-state index is 12.9. The van der Waals surface area contributed by atoms with Crippen molar-refractivity contribution >= 4 is 33.4 Å². The van der Waals surface area contributed by atoms with Crippen LogP contribution in [0, 0.1) is 0 Å². The Hall–Kier alpha value is -1.68. The lowest BCUT2D eigenvalue weighted by Crippen LogP contribution is -2.52. The van der Waals surface area contributed by atoms with Crippen molar-refractivity contribution in [2.75, 3.05) is 46.9 Å². The number of ether oxygens (including phenoxy) is 1. The number of hydrogen-bond donors (Lipinski definition) is 0. The Morgan fingerprint density at radius 3 is 2.36 bits per heavy atom. The molecule has 2 saturated heterocycles. The van der Waals surface area contributed by atoms with E-state index >= 15 is 0 Å². The summed E-state index contributed by atoms with van der Waals surface area (Å²) >= 11 is 6.17. The molecule has 8 nitrogen and oxygen atoms in total. The van der Waals surface area contributed by atoms with Crippen LogP contribution in [0.15, 0.2) is 23.1 Å². The summed E-state index contributed by atoms with van der Waals surface area (Å²) in [5.41, 5.74) is 0.142. The molecule has 0 N–H and O–H groups in total. The van der Waals surface area contributed by atoms with E-state index in [1.165, 1.54) is 32.3 Å². The minimum Gasteiger partial charge on any atom is -0.368 e. The fraction of sp³-hybridized carbons (Fsp3) is 0.556. The van der Waals surface area contributed by atoms with Crippen LogP contribution in [0.2, 0.25) is 5.02 Å². The van der Waals surface area contributed by atoms with Crippen molar-refractivity contribution in [2.45, 2.75) is 23.8 Å². The van der Waals surface area contributed by atoms with Crippen LogP contribution >= 0.6 is 11.6 Å². The molecule has 1 aromatic carbocycles. The van der Waals surface area contributed by atoms with E-state index in [4.69, 9.17) is 16.3 Å². The van der Waals surface area contributed by atoms with E-state index in [1.54, 1.807) is 9.80 Å². The summed E-state index contributed by atoms with van der Waals surface area (Å²) in [5, 5.41) is 0.195. The lowest BCUT2D eigenvalue weighted by molar-refractivity contribution is -0.142. The highest BCUT2D eigenvalue weighted by molar-refractivity contribution is 7.89. The second-order valence-corrected chi connectivity index (χ2v) is 9.61. The third-order valence-corrected chi connectivity index (χ3v) is 7.17. The number of halogens is 1. The van der Waals surface area contributed by atoms with Gasteiger partial charge in [-0.05, 0) is 31.0 Å². The molecule has 3 rings (SSSR count). The molecule has 1 aromatic rings. The van der Waals surface area contributed by atoms with Crippen LogP contribution in [0.1, 0.15) is 23.2 Å². The average molecular weight is 430 g/mol. The average Bonchev–Trinajstić information content (AvgIpc) is 3.22. The number of rotatable bonds is 4. The Balaban J connectivity index is 1.70. The first-order chi connectivity index (χ1) is 13.2. The van der Waals surface area contributed by atoms with Gasteiger partial charge in [-0.2, -0.15) is 0 Å². The molecule has 2 amide bonds. The summed E-state index contributed by atoms with van der Waals surface area (Å²) in [6, 6.07) is 4.11. The molecule has 0 saturated carbocycles. The minimum atomic E-state index is -3.67. The Morgan fingerprint density at radius 2 is 1.79 bits per heavy atom. The molecule has 1 unspecified atom stereocenters. The van der Waals surface area contributed by atoms with Gasteiger partial charge in [0, 0.05) is 46.9 Å². The molecule has 2 aliphatic heterocycles. The molecule has 0 radical (unpaired) electrons. The van der Waals surface area contributed by atoms with Gasteiger partial charge < -0.3 is 14.5 Å². The van der Waals surface area contributed by atoms with Crippen LogP contribution in [0.3, 0.4) is 0 Å². The van der Waals surface area contributed by atoms with Gasteiger partial charge in [-0.1, -0.05) is 11.6 Å². The van der Waals surface area contributed by atoms with E-state index in [1.807, 2.05) is 0 Å². The monoisotopic (exact) mass is 429 g/mol. The molecule has 154 valence electrons. The Morgan fingerprint density at radius 1 is 1.14 bits per heavy atom. The van der Waals surface area contributed by atoms with Crippen LogP contribution in [0.25, 0.3) is 0 Å². The zero-order chi connectivity index (χ0) is 20.5. The lowest BCUT2D eigenvalue weighted by atomic mass is 10.1. The van der Waals surface area contributed by atoms with Gasteiger partial charge >= 0.3 is 0 Å². The number of carbonyl (C=O) groups excluding carboxylic acids is 2. The molecule has 10 heteroatoms. The first-order valence-corrected chi connectivity index (χ1v) is 11.0. The van der Waals surface area contributed by atoms with Gasteiger partial charge in [-0.25, -0.2) is 12.7 Å². The Labute approximate surface area is 170 Å². The maximum Gasteiger partial charge on any atom is 0.255 e. The molecule has 0 aliphatic carbocycles. The zero-order valence-corrected chi connectivity index (χ0v) is 17.5. The van der Waals surface area contributed by atoms with Gasteiger partial charge in [-0.3, -0.25) is 9.59 Å². The number of benzene rings is 1. The Kier molecular flexibility index (Phi) is 6.28. The van der Waals surface area contributed by atoms with E-state index in [2.05, 4.69) is 0 Å². The summed E-state index contributed by atoms with van der Waals surface area (Å²) in [6.45, 7) is 2.16. The third-order valence-electron chi connectivity index (χ3n) is 5.03. The van der Waals surface area contributed by atoms with Crippen molar-refractivity contribution in [2.24, 2.45) is 0 Å². The van der Waals surface area contributed by atoms with Crippen molar-refractivity contribution < 1.29 is 22.7 Å². The first-order valence-electron chi connectivity index (χ1n) is 9.13. The largest absolute Gasteiger partial charge is 0.368 e. The Bertz CT molecular complexity index is 860. The van der Waals surface area contributed by atoms with Crippen molar-refractivity contribution in [3.8, 4) is 0 Å². The second-order valence-electron chi connectivity index (χ2n) is 7.05. The first kappa shape index (κ1) is 21.0. The SMILES string of the molecule is CN(C)S(=O)(=O)c1ccc(Cl)c(C(=O)N2CCN(C(=O)C3CCCO3)CC2)c1. The van der Waals surface area contributed by atoms with Gasteiger partial charge in [0.05, 0.1) is 15.5 Å². The van der Waals surface area contributed by atoms with E-state index in [-0.39, 0.29) is 33.4 Å². The number of carbonyl (C=O) groups is 2. The number of piperazine rings is 1. The number of nitrogens with zero attached hydrogens (tertiary/aromatic N) is 3. The van der Waals surface area contributed by atoms with Gasteiger partial charge in [0.1, 0.15) is 6.10 Å². The smallest absolute Gasteiger partial charge is 0.255 e. The highest BCUT2D eigenvalue weighted by atomic mass is 35.5. The fourth-order valence-corrected chi connectivity index (χ4v) is 4.44. The molecular formula is C18H24ClN3O5S. The van der Waals surface area contributed by atoms with Crippen molar-refractivity contribution in [3.05, 3.63) is 28.8 Å². The predicted octanol–water partition coefficient (Wildman–Crippen LogP) is 1.05. The lowest BCUT2D eigenvalue weighted by Gasteiger charge is -2.36. The van der Waals surface area contributed by atoms with Gasteiger partial charge in [0.25, 0.3) is 11.8 Å². The van der Waals surface area contributed by atoms with Gasteiger partial charge in [-0.15, -0.1) is 0 Å². The topological polar surface area (TPSA) is 87.2 Å². The summed E-state index contributed by atoms with van der Waals surface area (Å²) in [6.07, 6.45) is 1.25. The van der Waals surface area contributed by atoms with Crippen molar-refractivity contribution in [3.63, 3.8) is 0 Å². The zero-order valence-electron chi connectivity index (χ0n) is 15.9. The molecule has 2 aliphatic rings. The molecule has 0 bridgehead atoms. The van der Waals surface area contributed by atoms with Crippen molar-refractivity contribution in [1.82, 2.24) is 14.1 Å². The highest BCUT2D eigenvalue weighted by Crippen LogP contribution is 2.24. The fourth-order valence-electron chi connectivity index (χ4n) is 3.32. The number of sulfonamides is 1. The summed E-state index contributed by atoms with van der Waals surface area (Å²) in [7, 11) is -0.820. The molecule has 28 heavy (non-hydrogen) atoms. The van der Waals surface area contributed by atoms with Crippen LogP contribution in [0.4, 0.5) is 0 Å². The standard InChI is InChI=1S/C18H24ClN3O5S/c1-20(2)28(25,26)13-5-6-15(19)14(12-13)17(23)21-7-9-22(10-8-21)18(24)16-4-3-11-27-16/h5-6,12,16H,3-4,7-11H2,1-2H3. The highest BCUT2D eigenvalue weighted by Gasteiger charge is 2.32. The molecule has 1 atom stereocenters. The van der Waals surface area contributed by atoms with Crippen LogP contribution < -0.4 is 0 Å². The maximum atomic E-state index is 12.9.